The fourth-order valence-corrected chi connectivity index (χ4v) is 2.64. The Morgan fingerprint density at radius 2 is 1.72 bits per heavy atom. The van der Waals surface area contributed by atoms with Crippen LogP contribution in [0.25, 0.3) is 0 Å². The lowest BCUT2D eigenvalue weighted by atomic mass is 10.1. The molecule has 4 heteroatoms. The number of nitrogens with zero attached hydrogens (tertiary/aromatic N) is 1. The second kappa shape index (κ2) is 10.6. The number of rotatable bonds is 10. The molecule has 2 aromatic rings. The maximum absolute atomic E-state index is 12.2. The summed E-state index contributed by atoms with van der Waals surface area (Å²) >= 11 is 0. The standard InChI is InChI=1S/C21H28N2O2/c1-3-13-25-17-20-12-8-7-11-19(20)14-22-21(24)16-23(2)15-18-9-5-4-6-10-18/h4-12H,3,13-17H2,1-2H3,(H,22,24). The first-order chi connectivity index (χ1) is 12.2. The first-order valence-corrected chi connectivity index (χ1v) is 8.82. The smallest absolute Gasteiger partial charge is 0.234 e. The first-order valence-electron chi connectivity index (χ1n) is 8.82. The molecule has 0 heterocycles. The lowest BCUT2D eigenvalue weighted by molar-refractivity contribution is -0.122. The minimum Gasteiger partial charge on any atom is -0.377 e. The molecule has 0 radical (unpaired) electrons. The summed E-state index contributed by atoms with van der Waals surface area (Å²) in [5.41, 5.74) is 3.45. The number of benzene rings is 2. The van der Waals surface area contributed by atoms with Gasteiger partial charge in [0.05, 0.1) is 13.2 Å². The van der Waals surface area contributed by atoms with Crippen molar-refractivity contribution in [3.63, 3.8) is 0 Å². The van der Waals surface area contributed by atoms with E-state index in [1.807, 2.05) is 48.3 Å². The molecular formula is C21H28N2O2. The van der Waals surface area contributed by atoms with Gasteiger partial charge in [0.25, 0.3) is 0 Å². The molecule has 0 aliphatic carbocycles. The molecule has 1 amide bonds. The van der Waals surface area contributed by atoms with Crippen LogP contribution in [0.2, 0.25) is 0 Å². The zero-order valence-corrected chi connectivity index (χ0v) is 15.2. The fraction of sp³-hybridized carbons (Fsp3) is 0.381. The van der Waals surface area contributed by atoms with Crippen LogP contribution in [0.4, 0.5) is 0 Å². The van der Waals surface area contributed by atoms with Crippen LogP contribution in [0.1, 0.15) is 30.0 Å². The Labute approximate surface area is 150 Å². The number of likely N-dealkylation sites (N-methyl/N-ethyl adjacent to an activating group) is 1. The summed E-state index contributed by atoms with van der Waals surface area (Å²) < 4.78 is 5.63. The Hall–Kier alpha value is -2.17. The second-order valence-corrected chi connectivity index (χ2v) is 6.26. The van der Waals surface area contributed by atoms with Crippen molar-refractivity contribution in [1.29, 1.82) is 0 Å². The highest BCUT2D eigenvalue weighted by molar-refractivity contribution is 5.78. The van der Waals surface area contributed by atoms with Gasteiger partial charge in [0.2, 0.25) is 5.91 Å². The Morgan fingerprint density at radius 3 is 2.44 bits per heavy atom. The van der Waals surface area contributed by atoms with Gasteiger partial charge in [0, 0.05) is 19.7 Å². The van der Waals surface area contributed by atoms with Crippen molar-refractivity contribution in [1.82, 2.24) is 10.2 Å². The molecule has 0 unspecified atom stereocenters. The van der Waals surface area contributed by atoms with Crippen molar-refractivity contribution >= 4 is 5.91 Å². The van der Waals surface area contributed by atoms with E-state index in [4.69, 9.17) is 4.74 Å². The average molecular weight is 340 g/mol. The second-order valence-electron chi connectivity index (χ2n) is 6.26. The van der Waals surface area contributed by atoms with Gasteiger partial charge in [-0.3, -0.25) is 9.69 Å². The highest BCUT2D eigenvalue weighted by atomic mass is 16.5. The number of hydrogen-bond donors (Lipinski definition) is 1. The highest BCUT2D eigenvalue weighted by Crippen LogP contribution is 2.10. The van der Waals surface area contributed by atoms with E-state index in [2.05, 4.69) is 30.4 Å². The van der Waals surface area contributed by atoms with Gasteiger partial charge in [0.15, 0.2) is 0 Å². The van der Waals surface area contributed by atoms with E-state index in [-0.39, 0.29) is 5.91 Å². The van der Waals surface area contributed by atoms with Crippen LogP contribution >= 0.6 is 0 Å². The zero-order valence-electron chi connectivity index (χ0n) is 15.2. The third-order valence-corrected chi connectivity index (χ3v) is 3.91. The van der Waals surface area contributed by atoms with Crippen LogP contribution < -0.4 is 5.32 Å². The van der Waals surface area contributed by atoms with Crippen molar-refractivity contribution in [2.75, 3.05) is 20.2 Å². The van der Waals surface area contributed by atoms with E-state index in [0.717, 1.165) is 30.7 Å². The van der Waals surface area contributed by atoms with Crippen molar-refractivity contribution in [3.8, 4) is 0 Å². The van der Waals surface area contributed by atoms with Gasteiger partial charge in [0.1, 0.15) is 0 Å². The van der Waals surface area contributed by atoms with Crippen LogP contribution in [0.5, 0.6) is 0 Å². The van der Waals surface area contributed by atoms with Crippen LogP contribution in [0.15, 0.2) is 54.6 Å². The van der Waals surface area contributed by atoms with Gasteiger partial charge in [-0.05, 0) is 30.2 Å². The van der Waals surface area contributed by atoms with E-state index in [1.54, 1.807) is 0 Å². The molecule has 0 aliphatic rings. The van der Waals surface area contributed by atoms with Gasteiger partial charge in [-0.1, -0.05) is 61.5 Å². The normalized spacial score (nSPS) is 10.8. The molecular weight excluding hydrogens is 312 g/mol. The van der Waals surface area contributed by atoms with Crippen LogP contribution in [0.3, 0.4) is 0 Å². The van der Waals surface area contributed by atoms with E-state index in [1.165, 1.54) is 5.56 Å². The Bertz CT molecular complexity index is 643. The van der Waals surface area contributed by atoms with Crippen molar-refractivity contribution in [2.45, 2.75) is 33.0 Å². The molecule has 25 heavy (non-hydrogen) atoms. The van der Waals surface area contributed by atoms with Crippen molar-refractivity contribution in [3.05, 3.63) is 71.3 Å². The van der Waals surface area contributed by atoms with Gasteiger partial charge < -0.3 is 10.1 Å². The Kier molecular flexibility index (Phi) is 8.16. The minimum absolute atomic E-state index is 0.0303. The van der Waals surface area contributed by atoms with Gasteiger partial charge in [-0.15, -0.1) is 0 Å². The molecule has 0 bridgehead atoms. The third-order valence-electron chi connectivity index (χ3n) is 3.91. The predicted molar refractivity (Wildman–Crippen MR) is 101 cm³/mol. The summed E-state index contributed by atoms with van der Waals surface area (Å²) in [5, 5.41) is 3.01. The summed E-state index contributed by atoms with van der Waals surface area (Å²) in [6, 6.07) is 18.3. The molecule has 0 fully saturated rings. The number of carbonyl (C=O) groups is 1. The highest BCUT2D eigenvalue weighted by Gasteiger charge is 2.08. The summed E-state index contributed by atoms with van der Waals surface area (Å²) in [6.45, 7) is 5.11. The zero-order chi connectivity index (χ0) is 17.9. The molecule has 2 aromatic carbocycles. The quantitative estimate of drug-likeness (QED) is 0.674. The number of amides is 1. The molecule has 1 N–H and O–H groups in total. The molecule has 0 saturated carbocycles. The summed E-state index contributed by atoms with van der Waals surface area (Å²) in [5.74, 6) is 0.0303. The summed E-state index contributed by atoms with van der Waals surface area (Å²) in [7, 11) is 1.96. The molecule has 0 aromatic heterocycles. The average Bonchev–Trinajstić information content (AvgIpc) is 2.62. The SMILES string of the molecule is CCCOCc1ccccc1CNC(=O)CN(C)Cc1ccccc1. The minimum atomic E-state index is 0.0303. The van der Waals surface area contributed by atoms with Crippen LogP contribution in [0, 0.1) is 0 Å². The molecule has 4 nitrogen and oxygen atoms in total. The lowest BCUT2D eigenvalue weighted by Crippen LogP contribution is -2.34. The monoisotopic (exact) mass is 340 g/mol. The van der Waals surface area contributed by atoms with E-state index >= 15 is 0 Å². The number of hydrogen-bond acceptors (Lipinski definition) is 3. The lowest BCUT2D eigenvalue weighted by Gasteiger charge is -2.17. The first kappa shape index (κ1) is 19.2. The van der Waals surface area contributed by atoms with E-state index in [0.29, 0.717) is 19.7 Å². The topological polar surface area (TPSA) is 41.6 Å². The molecule has 0 atom stereocenters. The van der Waals surface area contributed by atoms with E-state index in [9.17, 15) is 4.79 Å². The molecule has 134 valence electrons. The number of carbonyl (C=O) groups excluding carboxylic acids is 1. The van der Waals surface area contributed by atoms with Crippen molar-refractivity contribution in [2.24, 2.45) is 0 Å². The van der Waals surface area contributed by atoms with Crippen LogP contribution in [-0.2, 0) is 29.2 Å². The number of ether oxygens (including phenoxy) is 1. The molecule has 0 aliphatic heterocycles. The molecule has 0 saturated heterocycles. The maximum atomic E-state index is 12.2. The predicted octanol–water partition coefficient (Wildman–Crippen LogP) is 3.36. The van der Waals surface area contributed by atoms with Gasteiger partial charge in [-0.2, -0.15) is 0 Å². The Morgan fingerprint density at radius 1 is 1.04 bits per heavy atom. The summed E-state index contributed by atoms with van der Waals surface area (Å²) in [6.07, 6.45) is 1.01. The number of nitrogens with one attached hydrogen (secondary N) is 1. The van der Waals surface area contributed by atoms with Crippen molar-refractivity contribution < 1.29 is 9.53 Å². The Balaban J connectivity index is 1.79. The molecule has 0 spiro atoms. The fourth-order valence-electron chi connectivity index (χ4n) is 2.64. The van der Waals surface area contributed by atoms with Gasteiger partial charge in [-0.25, -0.2) is 0 Å². The third kappa shape index (κ3) is 7.08. The maximum Gasteiger partial charge on any atom is 0.234 e. The molecule has 2 rings (SSSR count). The van der Waals surface area contributed by atoms with E-state index < -0.39 is 0 Å². The van der Waals surface area contributed by atoms with Crippen LogP contribution in [-0.4, -0.2) is 31.0 Å². The largest absolute Gasteiger partial charge is 0.377 e. The van der Waals surface area contributed by atoms with Gasteiger partial charge >= 0.3 is 0 Å². The summed E-state index contributed by atoms with van der Waals surface area (Å²) in [4.78, 5) is 14.2.